The summed E-state index contributed by atoms with van der Waals surface area (Å²) in [5.41, 5.74) is -0.480. The smallest absolute Gasteiger partial charge is 0.418 e. The molecule has 4 nitrogen and oxygen atoms in total. The molecule has 0 saturated carbocycles. The molecule has 0 saturated heterocycles. The lowest BCUT2D eigenvalue weighted by molar-refractivity contribution is 0.0538. The molecule has 84 valence electrons. The molecule has 0 aromatic carbocycles. The van der Waals surface area contributed by atoms with Crippen LogP contribution in [0.5, 0.6) is 0 Å². The highest BCUT2D eigenvalue weighted by Gasteiger charge is 2.17. The summed E-state index contributed by atoms with van der Waals surface area (Å²) in [7, 11) is 0. The van der Waals surface area contributed by atoms with Crippen LogP contribution in [0.3, 0.4) is 0 Å². The van der Waals surface area contributed by atoms with E-state index in [4.69, 9.17) is 4.74 Å². The van der Waals surface area contributed by atoms with E-state index in [1.54, 1.807) is 24.8 Å². The number of hydrogen-bond acceptors (Lipinski definition) is 3. The fraction of sp³-hybridized carbons (Fsp3) is 0.333. The van der Waals surface area contributed by atoms with Crippen molar-refractivity contribution in [1.82, 2.24) is 9.55 Å². The van der Waals surface area contributed by atoms with Gasteiger partial charge in [0, 0.05) is 35.6 Å². The zero-order chi connectivity index (χ0) is 11.8. The molecular formula is C12H14N2O2. The van der Waals surface area contributed by atoms with Crippen molar-refractivity contribution in [2.45, 2.75) is 26.4 Å². The molecule has 0 atom stereocenters. The van der Waals surface area contributed by atoms with Crippen molar-refractivity contribution in [3.8, 4) is 0 Å². The van der Waals surface area contributed by atoms with E-state index in [0.717, 1.165) is 10.8 Å². The summed E-state index contributed by atoms with van der Waals surface area (Å²) in [5.74, 6) is 0. The Balaban J connectivity index is 2.30. The Hall–Kier alpha value is -1.84. The van der Waals surface area contributed by atoms with Crippen LogP contribution in [0.1, 0.15) is 20.8 Å². The van der Waals surface area contributed by atoms with Crippen molar-refractivity contribution in [2.24, 2.45) is 0 Å². The van der Waals surface area contributed by atoms with Crippen LogP contribution in [0.15, 0.2) is 30.9 Å². The first-order chi connectivity index (χ1) is 7.46. The van der Waals surface area contributed by atoms with E-state index in [1.165, 1.54) is 4.57 Å². The van der Waals surface area contributed by atoms with E-state index in [0.29, 0.717) is 0 Å². The van der Waals surface area contributed by atoms with Gasteiger partial charge in [0.2, 0.25) is 0 Å². The summed E-state index contributed by atoms with van der Waals surface area (Å²) in [6.07, 6.45) is 6.50. The number of pyridine rings is 1. The molecule has 0 radical (unpaired) electrons. The fourth-order valence-corrected chi connectivity index (χ4v) is 1.40. The Bertz CT molecular complexity index is 490. The molecule has 4 heteroatoms. The lowest BCUT2D eigenvalue weighted by Crippen LogP contribution is -2.26. The van der Waals surface area contributed by atoms with Crippen molar-refractivity contribution < 1.29 is 9.53 Å². The van der Waals surface area contributed by atoms with Gasteiger partial charge in [-0.15, -0.1) is 0 Å². The first kappa shape index (κ1) is 10.7. The summed E-state index contributed by atoms with van der Waals surface area (Å²) in [4.78, 5) is 15.7. The number of hydrogen-bond donors (Lipinski definition) is 0. The standard InChI is InChI=1S/C12H14N2O2/c1-12(2,3)16-11(15)14-7-9-4-5-13-6-10(9)8-14/h4-8H,1-3H3. The number of fused-ring (bicyclic) bond motifs is 1. The number of aromatic nitrogens is 2. The summed E-state index contributed by atoms with van der Waals surface area (Å²) in [6, 6.07) is 1.86. The summed E-state index contributed by atoms with van der Waals surface area (Å²) in [5, 5.41) is 1.90. The average Bonchev–Trinajstić information content (AvgIpc) is 2.58. The van der Waals surface area contributed by atoms with E-state index < -0.39 is 5.60 Å². The van der Waals surface area contributed by atoms with Crippen LogP contribution < -0.4 is 0 Å². The second kappa shape index (κ2) is 3.63. The Labute approximate surface area is 93.9 Å². The Morgan fingerprint density at radius 1 is 1.31 bits per heavy atom. The van der Waals surface area contributed by atoms with E-state index >= 15 is 0 Å². The van der Waals surface area contributed by atoms with Crippen LogP contribution >= 0.6 is 0 Å². The summed E-state index contributed by atoms with van der Waals surface area (Å²) >= 11 is 0. The zero-order valence-corrected chi connectivity index (χ0v) is 9.60. The number of nitrogens with zero attached hydrogens (tertiary/aromatic N) is 2. The Morgan fingerprint density at radius 3 is 2.62 bits per heavy atom. The third kappa shape index (κ3) is 2.21. The lowest BCUT2D eigenvalue weighted by atomic mass is 10.2. The van der Waals surface area contributed by atoms with Crippen LogP contribution in [-0.4, -0.2) is 21.2 Å². The molecule has 0 bridgehead atoms. The maximum atomic E-state index is 11.8. The van der Waals surface area contributed by atoms with Crippen LogP contribution in [0.4, 0.5) is 4.79 Å². The lowest BCUT2D eigenvalue weighted by Gasteiger charge is -2.19. The minimum Gasteiger partial charge on any atom is -0.443 e. The first-order valence-corrected chi connectivity index (χ1v) is 5.11. The van der Waals surface area contributed by atoms with Gasteiger partial charge in [-0.25, -0.2) is 4.79 Å². The minimum absolute atomic E-state index is 0.372. The van der Waals surface area contributed by atoms with Crippen LogP contribution in [0.25, 0.3) is 10.8 Å². The molecule has 2 rings (SSSR count). The van der Waals surface area contributed by atoms with Gasteiger partial charge < -0.3 is 4.74 Å². The Morgan fingerprint density at radius 2 is 2.00 bits per heavy atom. The number of rotatable bonds is 0. The fourth-order valence-electron chi connectivity index (χ4n) is 1.40. The maximum absolute atomic E-state index is 11.8. The molecule has 0 aliphatic heterocycles. The second-order valence-corrected chi connectivity index (χ2v) is 4.65. The predicted molar refractivity (Wildman–Crippen MR) is 61.4 cm³/mol. The SMILES string of the molecule is CC(C)(C)OC(=O)n1cc2ccncc2c1. The molecule has 0 amide bonds. The van der Waals surface area contributed by atoms with Gasteiger partial charge in [0.1, 0.15) is 5.60 Å². The average molecular weight is 218 g/mol. The van der Waals surface area contributed by atoms with Gasteiger partial charge in [0.15, 0.2) is 0 Å². The van der Waals surface area contributed by atoms with Crippen molar-refractivity contribution in [3.63, 3.8) is 0 Å². The maximum Gasteiger partial charge on any atom is 0.418 e. The van der Waals surface area contributed by atoms with Crippen LogP contribution in [-0.2, 0) is 4.74 Å². The topological polar surface area (TPSA) is 44.1 Å². The zero-order valence-electron chi connectivity index (χ0n) is 9.60. The van der Waals surface area contributed by atoms with Gasteiger partial charge in [-0.2, -0.15) is 0 Å². The molecular weight excluding hydrogens is 204 g/mol. The second-order valence-electron chi connectivity index (χ2n) is 4.65. The monoisotopic (exact) mass is 218 g/mol. The van der Waals surface area contributed by atoms with Gasteiger partial charge in [-0.05, 0) is 26.8 Å². The van der Waals surface area contributed by atoms with E-state index in [1.807, 2.05) is 26.8 Å². The first-order valence-electron chi connectivity index (χ1n) is 5.11. The molecule has 2 heterocycles. The third-order valence-electron chi connectivity index (χ3n) is 2.05. The summed E-state index contributed by atoms with van der Waals surface area (Å²) < 4.78 is 6.70. The van der Waals surface area contributed by atoms with Crippen LogP contribution in [0, 0.1) is 0 Å². The van der Waals surface area contributed by atoms with Gasteiger partial charge in [-0.1, -0.05) is 0 Å². The molecule has 16 heavy (non-hydrogen) atoms. The van der Waals surface area contributed by atoms with Crippen molar-refractivity contribution >= 4 is 16.9 Å². The quantitative estimate of drug-likeness (QED) is 0.683. The molecule has 0 fully saturated rings. The predicted octanol–water partition coefficient (Wildman–Crippen LogP) is 2.82. The van der Waals surface area contributed by atoms with Gasteiger partial charge in [0.05, 0.1) is 0 Å². The highest BCUT2D eigenvalue weighted by atomic mass is 16.6. The molecule has 2 aromatic rings. The minimum atomic E-state index is -0.480. The highest BCUT2D eigenvalue weighted by Crippen LogP contribution is 2.15. The van der Waals surface area contributed by atoms with Gasteiger partial charge in [0.25, 0.3) is 0 Å². The molecule has 0 unspecified atom stereocenters. The molecule has 0 aliphatic carbocycles. The number of carbonyl (C=O) groups excluding carboxylic acids is 1. The van der Waals surface area contributed by atoms with Crippen molar-refractivity contribution in [3.05, 3.63) is 30.9 Å². The number of carbonyl (C=O) groups is 1. The third-order valence-corrected chi connectivity index (χ3v) is 2.05. The number of ether oxygens (including phenoxy) is 1. The van der Waals surface area contributed by atoms with E-state index in [2.05, 4.69) is 4.98 Å². The molecule has 0 spiro atoms. The van der Waals surface area contributed by atoms with E-state index in [9.17, 15) is 4.79 Å². The molecule has 2 aromatic heterocycles. The largest absolute Gasteiger partial charge is 0.443 e. The highest BCUT2D eigenvalue weighted by molar-refractivity contribution is 5.86. The van der Waals surface area contributed by atoms with Gasteiger partial charge in [-0.3, -0.25) is 9.55 Å². The Kier molecular flexibility index (Phi) is 2.42. The van der Waals surface area contributed by atoms with E-state index in [-0.39, 0.29) is 6.09 Å². The molecule has 0 N–H and O–H groups in total. The van der Waals surface area contributed by atoms with Crippen LogP contribution in [0.2, 0.25) is 0 Å². The van der Waals surface area contributed by atoms with Gasteiger partial charge >= 0.3 is 6.09 Å². The normalized spacial score (nSPS) is 11.7. The summed E-state index contributed by atoms with van der Waals surface area (Å²) in [6.45, 7) is 5.53. The van der Waals surface area contributed by atoms with Crippen molar-refractivity contribution in [2.75, 3.05) is 0 Å². The molecule has 0 aliphatic rings. The van der Waals surface area contributed by atoms with Crippen molar-refractivity contribution in [1.29, 1.82) is 0 Å².